The smallest absolute Gasteiger partial charge is 0.136 e. The Morgan fingerprint density at radius 3 is 2.62 bits per heavy atom. The van der Waals surface area contributed by atoms with Crippen molar-refractivity contribution < 1.29 is 9.53 Å². The molecule has 1 unspecified atom stereocenters. The maximum atomic E-state index is 11.7. The summed E-state index contributed by atoms with van der Waals surface area (Å²) in [6.07, 6.45) is 6.69. The molecule has 0 aromatic carbocycles. The molecule has 0 aromatic rings. The van der Waals surface area contributed by atoms with Gasteiger partial charge in [-0.15, -0.1) is 0 Å². The van der Waals surface area contributed by atoms with Crippen LogP contribution in [-0.4, -0.2) is 19.0 Å². The van der Waals surface area contributed by atoms with Crippen LogP contribution in [0.3, 0.4) is 0 Å². The maximum absolute atomic E-state index is 11.7. The van der Waals surface area contributed by atoms with Crippen molar-refractivity contribution in [2.24, 2.45) is 11.8 Å². The molecule has 1 saturated heterocycles. The molecule has 74 valence electrons. The van der Waals surface area contributed by atoms with E-state index in [4.69, 9.17) is 4.74 Å². The molecule has 1 aliphatic heterocycles. The fourth-order valence-corrected chi connectivity index (χ4v) is 2.44. The van der Waals surface area contributed by atoms with E-state index in [0.717, 1.165) is 38.9 Å². The van der Waals surface area contributed by atoms with Crippen molar-refractivity contribution in [2.45, 2.75) is 38.5 Å². The van der Waals surface area contributed by atoms with Crippen molar-refractivity contribution in [1.29, 1.82) is 0 Å². The Kier molecular flexibility index (Phi) is 2.99. The first-order valence-corrected chi connectivity index (χ1v) is 5.46. The van der Waals surface area contributed by atoms with E-state index in [1.807, 2.05) is 0 Å². The summed E-state index contributed by atoms with van der Waals surface area (Å²) in [6, 6.07) is 0. The van der Waals surface area contributed by atoms with Crippen molar-refractivity contribution in [3.63, 3.8) is 0 Å². The lowest BCUT2D eigenvalue weighted by atomic mass is 9.93. The van der Waals surface area contributed by atoms with Gasteiger partial charge in [-0.1, -0.05) is 12.8 Å². The molecule has 0 aromatic heterocycles. The van der Waals surface area contributed by atoms with E-state index in [0.29, 0.717) is 17.6 Å². The lowest BCUT2D eigenvalue weighted by Crippen LogP contribution is -2.15. The van der Waals surface area contributed by atoms with Crippen molar-refractivity contribution >= 4 is 5.78 Å². The summed E-state index contributed by atoms with van der Waals surface area (Å²) in [6.45, 7) is 1.68. The number of hydrogen-bond acceptors (Lipinski definition) is 2. The van der Waals surface area contributed by atoms with Crippen LogP contribution < -0.4 is 0 Å². The molecule has 0 N–H and O–H groups in total. The molecular formula is C11H18O2. The minimum Gasteiger partial charge on any atom is -0.381 e. The summed E-state index contributed by atoms with van der Waals surface area (Å²) in [5, 5.41) is 0. The van der Waals surface area contributed by atoms with Crippen LogP contribution in [-0.2, 0) is 9.53 Å². The van der Waals surface area contributed by atoms with Crippen molar-refractivity contribution in [1.82, 2.24) is 0 Å². The molecule has 1 saturated carbocycles. The fraction of sp³-hybridized carbons (Fsp3) is 0.909. The number of ketones is 1. The Bertz CT molecular complexity index is 177. The van der Waals surface area contributed by atoms with Crippen LogP contribution in [0.5, 0.6) is 0 Å². The summed E-state index contributed by atoms with van der Waals surface area (Å²) in [5.41, 5.74) is 0. The molecule has 1 atom stereocenters. The van der Waals surface area contributed by atoms with Gasteiger partial charge >= 0.3 is 0 Å². The van der Waals surface area contributed by atoms with Gasteiger partial charge in [0.1, 0.15) is 5.78 Å². The van der Waals surface area contributed by atoms with Gasteiger partial charge in [0.25, 0.3) is 0 Å². The van der Waals surface area contributed by atoms with Crippen LogP contribution in [0.1, 0.15) is 38.5 Å². The zero-order valence-electron chi connectivity index (χ0n) is 8.13. The highest BCUT2D eigenvalue weighted by atomic mass is 16.5. The van der Waals surface area contributed by atoms with Crippen LogP contribution in [0.4, 0.5) is 0 Å². The summed E-state index contributed by atoms with van der Waals surface area (Å²) >= 11 is 0. The van der Waals surface area contributed by atoms with Crippen molar-refractivity contribution in [3.8, 4) is 0 Å². The van der Waals surface area contributed by atoms with Gasteiger partial charge in [0.05, 0.1) is 0 Å². The van der Waals surface area contributed by atoms with E-state index in [1.54, 1.807) is 0 Å². The van der Waals surface area contributed by atoms with Gasteiger partial charge < -0.3 is 4.74 Å². The summed E-state index contributed by atoms with van der Waals surface area (Å²) in [4.78, 5) is 11.7. The molecule has 0 spiro atoms. The second-order valence-corrected chi connectivity index (χ2v) is 4.38. The quantitative estimate of drug-likeness (QED) is 0.668. The van der Waals surface area contributed by atoms with Crippen LogP contribution in [0.15, 0.2) is 0 Å². The molecule has 2 aliphatic rings. The van der Waals surface area contributed by atoms with Crippen LogP contribution >= 0.6 is 0 Å². The third-order valence-electron chi connectivity index (χ3n) is 3.32. The lowest BCUT2D eigenvalue weighted by Gasteiger charge is -2.10. The van der Waals surface area contributed by atoms with E-state index in [-0.39, 0.29) is 0 Å². The molecule has 2 nitrogen and oxygen atoms in total. The highest BCUT2D eigenvalue weighted by molar-refractivity contribution is 5.81. The molecule has 0 bridgehead atoms. The summed E-state index contributed by atoms with van der Waals surface area (Å²) < 4.78 is 5.27. The number of Topliss-reactive ketones (excluding diaryl/α,β-unsaturated/α-hetero) is 1. The Labute approximate surface area is 79.7 Å². The zero-order chi connectivity index (χ0) is 9.10. The van der Waals surface area contributed by atoms with Crippen LogP contribution in [0.2, 0.25) is 0 Å². The first-order valence-electron chi connectivity index (χ1n) is 5.46. The van der Waals surface area contributed by atoms with Crippen molar-refractivity contribution in [2.75, 3.05) is 13.2 Å². The molecular weight excluding hydrogens is 164 g/mol. The minimum absolute atomic E-state index is 0.403. The van der Waals surface area contributed by atoms with Crippen molar-refractivity contribution in [3.05, 3.63) is 0 Å². The van der Waals surface area contributed by atoms with Gasteiger partial charge in [-0.3, -0.25) is 4.79 Å². The standard InChI is InChI=1S/C11H18O2/c12-11(10-3-1-2-4-10)7-9-5-6-13-8-9/h9-10H,1-8H2. The average molecular weight is 182 g/mol. The number of rotatable bonds is 3. The number of carbonyl (C=O) groups excluding carboxylic acids is 1. The van der Waals surface area contributed by atoms with Gasteiger partial charge in [-0.25, -0.2) is 0 Å². The molecule has 2 fully saturated rings. The SMILES string of the molecule is O=C(CC1CCOC1)C1CCCC1. The molecule has 0 radical (unpaired) electrons. The summed E-state index contributed by atoms with van der Waals surface area (Å²) in [7, 11) is 0. The molecule has 2 rings (SSSR count). The normalized spacial score (nSPS) is 29.7. The topological polar surface area (TPSA) is 26.3 Å². The molecule has 1 aliphatic carbocycles. The molecule has 2 heteroatoms. The van der Waals surface area contributed by atoms with Gasteiger partial charge in [0, 0.05) is 25.6 Å². The van der Waals surface area contributed by atoms with Gasteiger partial charge in [-0.05, 0) is 25.2 Å². The fourth-order valence-electron chi connectivity index (χ4n) is 2.44. The lowest BCUT2D eigenvalue weighted by molar-refractivity contribution is -0.123. The highest BCUT2D eigenvalue weighted by Crippen LogP contribution is 2.28. The maximum Gasteiger partial charge on any atom is 0.136 e. The number of carbonyl (C=O) groups is 1. The molecule has 1 heterocycles. The van der Waals surface area contributed by atoms with E-state index >= 15 is 0 Å². The first-order chi connectivity index (χ1) is 6.36. The summed E-state index contributed by atoms with van der Waals surface area (Å²) in [5.74, 6) is 1.45. The van der Waals surface area contributed by atoms with E-state index in [9.17, 15) is 4.79 Å². The number of hydrogen-bond donors (Lipinski definition) is 0. The van der Waals surface area contributed by atoms with E-state index in [1.165, 1.54) is 12.8 Å². The predicted octanol–water partition coefficient (Wildman–Crippen LogP) is 2.17. The minimum atomic E-state index is 0.403. The van der Waals surface area contributed by atoms with Crippen LogP contribution in [0, 0.1) is 11.8 Å². The van der Waals surface area contributed by atoms with Crippen LogP contribution in [0.25, 0.3) is 0 Å². The average Bonchev–Trinajstić information content (AvgIpc) is 2.74. The Balaban J connectivity index is 1.76. The Hall–Kier alpha value is -0.370. The largest absolute Gasteiger partial charge is 0.381 e. The second kappa shape index (κ2) is 4.23. The predicted molar refractivity (Wildman–Crippen MR) is 50.5 cm³/mol. The Morgan fingerprint density at radius 2 is 2.00 bits per heavy atom. The molecule has 0 amide bonds. The van der Waals surface area contributed by atoms with E-state index < -0.39 is 0 Å². The third-order valence-corrected chi connectivity index (χ3v) is 3.32. The van der Waals surface area contributed by atoms with E-state index in [2.05, 4.69) is 0 Å². The monoisotopic (exact) mass is 182 g/mol. The highest BCUT2D eigenvalue weighted by Gasteiger charge is 2.26. The van der Waals surface area contributed by atoms with Gasteiger partial charge in [-0.2, -0.15) is 0 Å². The zero-order valence-corrected chi connectivity index (χ0v) is 8.13. The molecule has 13 heavy (non-hydrogen) atoms. The second-order valence-electron chi connectivity index (χ2n) is 4.38. The van der Waals surface area contributed by atoms with Gasteiger partial charge in [0.15, 0.2) is 0 Å². The first kappa shape index (κ1) is 9.20. The number of ether oxygens (including phenoxy) is 1. The Morgan fingerprint density at radius 1 is 1.23 bits per heavy atom. The third kappa shape index (κ3) is 2.31. The van der Waals surface area contributed by atoms with Gasteiger partial charge in [0.2, 0.25) is 0 Å².